The fraction of sp³-hybridized carbons (Fsp3) is 0.357. The number of ether oxygens (including phenoxy) is 1. The summed E-state index contributed by atoms with van der Waals surface area (Å²) < 4.78 is 4.94. The zero-order valence-corrected chi connectivity index (χ0v) is 11.8. The highest BCUT2D eigenvalue weighted by Crippen LogP contribution is 2.30. The van der Waals surface area contributed by atoms with Gasteiger partial charge in [0, 0.05) is 56.3 Å². The second kappa shape index (κ2) is 7.51. The molecule has 0 bridgehead atoms. The smallest absolute Gasteiger partial charge is 0.277 e. The summed E-state index contributed by atoms with van der Waals surface area (Å²) in [5.74, 6) is 0. The number of methoxy groups -OCH3 is 1. The summed E-state index contributed by atoms with van der Waals surface area (Å²) in [6.45, 7) is 2.96. The van der Waals surface area contributed by atoms with Crippen molar-refractivity contribution in [1.29, 1.82) is 0 Å². The summed E-state index contributed by atoms with van der Waals surface area (Å²) in [5.41, 5.74) is 0.938. The predicted molar refractivity (Wildman–Crippen MR) is 81.6 cm³/mol. The van der Waals surface area contributed by atoms with Crippen LogP contribution in [0.5, 0.6) is 0 Å². The van der Waals surface area contributed by atoms with E-state index in [0.717, 1.165) is 24.2 Å². The van der Waals surface area contributed by atoms with Crippen molar-refractivity contribution in [2.45, 2.75) is 0 Å². The van der Waals surface area contributed by atoms with Crippen molar-refractivity contribution >= 4 is 22.1 Å². The molecule has 0 saturated carbocycles. The van der Waals surface area contributed by atoms with Crippen LogP contribution in [0.2, 0.25) is 0 Å². The van der Waals surface area contributed by atoms with Gasteiger partial charge < -0.3 is 15.4 Å². The highest BCUT2D eigenvalue weighted by atomic mass is 16.6. The third-order valence-electron chi connectivity index (χ3n) is 3.09. The number of nitro groups is 1. The van der Waals surface area contributed by atoms with Crippen LogP contribution < -0.4 is 10.6 Å². The molecule has 0 unspecified atom stereocenters. The molecule has 2 aromatic rings. The monoisotopic (exact) mass is 290 g/mol. The minimum absolute atomic E-state index is 0.0937. The van der Waals surface area contributed by atoms with Crippen LogP contribution in [-0.2, 0) is 4.74 Å². The maximum absolute atomic E-state index is 11.0. The highest BCUT2D eigenvalue weighted by Gasteiger charge is 2.13. The van der Waals surface area contributed by atoms with Gasteiger partial charge in [0.25, 0.3) is 5.69 Å². The molecule has 1 heterocycles. The molecule has 2 rings (SSSR count). The number of benzene rings is 1. The molecular weight excluding hydrogens is 272 g/mol. The molecule has 7 heteroatoms. The molecule has 0 fully saturated rings. The Labute approximate surface area is 122 Å². The predicted octanol–water partition coefficient (Wildman–Crippen LogP) is 1.79. The van der Waals surface area contributed by atoms with E-state index < -0.39 is 0 Å². The molecule has 2 N–H and O–H groups in total. The largest absolute Gasteiger partial charge is 0.383 e. The average molecular weight is 290 g/mol. The Hall–Kier alpha value is -2.25. The number of fused-ring (bicyclic) bond motifs is 1. The normalized spacial score (nSPS) is 10.7. The van der Waals surface area contributed by atoms with Crippen LogP contribution in [0.3, 0.4) is 0 Å². The number of hydrogen-bond acceptors (Lipinski definition) is 6. The topological polar surface area (TPSA) is 89.3 Å². The lowest BCUT2D eigenvalue weighted by atomic mass is 10.1. The fourth-order valence-corrected chi connectivity index (χ4v) is 2.07. The summed E-state index contributed by atoms with van der Waals surface area (Å²) >= 11 is 0. The zero-order chi connectivity index (χ0) is 15.1. The molecule has 0 amide bonds. The first-order valence-electron chi connectivity index (χ1n) is 6.68. The van der Waals surface area contributed by atoms with E-state index in [4.69, 9.17) is 4.74 Å². The number of nitro benzene ring substituents is 1. The van der Waals surface area contributed by atoms with Crippen molar-refractivity contribution in [1.82, 2.24) is 10.3 Å². The van der Waals surface area contributed by atoms with E-state index in [2.05, 4.69) is 15.6 Å². The van der Waals surface area contributed by atoms with Gasteiger partial charge in [0.2, 0.25) is 0 Å². The number of pyridine rings is 1. The summed E-state index contributed by atoms with van der Waals surface area (Å²) in [4.78, 5) is 14.7. The van der Waals surface area contributed by atoms with Gasteiger partial charge >= 0.3 is 0 Å². The maximum Gasteiger partial charge on any atom is 0.277 e. The molecule has 0 spiro atoms. The summed E-state index contributed by atoms with van der Waals surface area (Å²) in [7, 11) is 1.66. The van der Waals surface area contributed by atoms with Gasteiger partial charge in [-0.15, -0.1) is 0 Å². The van der Waals surface area contributed by atoms with Gasteiger partial charge in [-0.1, -0.05) is 0 Å². The second-order valence-electron chi connectivity index (χ2n) is 4.48. The molecule has 7 nitrogen and oxygen atoms in total. The standard InChI is InChI=1S/C14H18N4O3/c1-21-9-8-15-6-7-17-13-2-3-14(18(19)20)11-4-5-16-10-12(11)13/h2-5,10,15,17H,6-9H2,1H3. The molecule has 1 aromatic heterocycles. The third kappa shape index (κ3) is 3.87. The van der Waals surface area contributed by atoms with Crippen molar-refractivity contribution in [3.05, 3.63) is 40.7 Å². The molecule has 0 atom stereocenters. The molecule has 1 aromatic carbocycles. The molecule has 0 aliphatic carbocycles. The van der Waals surface area contributed by atoms with Crippen LogP contribution in [0.25, 0.3) is 10.8 Å². The van der Waals surface area contributed by atoms with Crippen LogP contribution in [0.15, 0.2) is 30.6 Å². The van der Waals surface area contributed by atoms with Gasteiger partial charge in [0.15, 0.2) is 0 Å². The number of aromatic nitrogens is 1. The van der Waals surface area contributed by atoms with E-state index in [0.29, 0.717) is 18.5 Å². The Bertz CT molecular complexity index is 618. The number of anilines is 1. The lowest BCUT2D eigenvalue weighted by Gasteiger charge is -2.10. The lowest BCUT2D eigenvalue weighted by molar-refractivity contribution is -0.383. The van der Waals surface area contributed by atoms with Crippen molar-refractivity contribution in [3.63, 3.8) is 0 Å². The van der Waals surface area contributed by atoms with Crippen molar-refractivity contribution in [3.8, 4) is 0 Å². The summed E-state index contributed by atoms with van der Waals surface area (Å²) in [6.07, 6.45) is 3.20. The first kappa shape index (κ1) is 15.1. The van der Waals surface area contributed by atoms with E-state index in [1.807, 2.05) is 0 Å². The SMILES string of the molecule is COCCNCCNc1ccc([N+](=O)[O-])c2ccncc12. The van der Waals surface area contributed by atoms with Crippen LogP contribution in [0, 0.1) is 10.1 Å². The third-order valence-corrected chi connectivity index (χ3v) is 3.09. The second-order valence-corrected chi connectivity index (χ2v) is 4.48. The van der Waals surface area contributed by atoms with E-state index in [9.17, 15) is 10.1 Å². The molecule has 0 radical (unpaired) electrons. The van der Waals surface area contributed by atoms with Gasteiger partial charge in [-0.2, -0.15) is 0 Å². The lowest BCUT2D eigenvalue weighted by Crippen LogP contribution is -2.25. The first-order chi connectivity index (χ1) is 10.2. The molecule has 0 saturated heterocycles. The summed E-state index contributed by atoms with van der Waals surface area (Å²) in [5, 5.41) is 18.9. The fourth-order valence-electron chi connectivity index (χ4n) is 2.07. The minimum Gasteiger partial charge on any atom is -0.383 e. The minimum atomic E-state index is -0.377. The Morgan fingerprint density at radius 3 is 2.86 bits per heavy atom. The van der Waals surface area contributed by atoms with Crippen LogP contribution >= 0.6 is 0 Å². The van der Waals surface area contributed by atoms with Crippen molar-refractivity contribution in [2.75, 3.05) is 38.7 Å². The number of non-ortho nitro benzene ring substituents is 1. The van der Waals surface area contributed by atoms with E-state index in [1.54, 1.807) is 31.6 Å². The van der Waals surface area contributed by atoms with E-state index in [1.165, 1.54) is 6.07 Å². The first-order valence-corrected chi connectivity index (χ1v) is 6.68. The molecule has 21 heavy (non-hydrogen) atoms. The van der Waals surface area contributed by atoms with Gasteiger partial charge in [0.05, 0.1) is 16.9 Å². The van der Waals surface area contributed by atoms with Gasteiger partial charge in [-0.05, 0) is 12.1 Å². The quantitative estimate of drug-likeness (QED) is 0.438. The number of hydrogen-bond donors (Lipinski definition) is 2. The maximum atomic E-state index is 11.0. The number of nitrogens with one attached hydrogen (secondary N) is 2. The summed E-state index contributed by atoms with van der Waals surface area (Å²) in [6, 6.07) is 4.90. The van der Waals surface area contributed by atoms with E-state index in [-0.39, 0.29) is 10.6 Å². The van der Waals surface area contributed by atoms with Gasteiger partial charge in [-0.3, -0.25) is 15.1 Å². The molecule has 0 aliphatic rings. The van der Waals surface area contributed by atoms with E-state index >= 15 is 0 Å². The van der Waals surface area contributed by atoms with Crippen LogP contribution in [0.1, 0.15) is 0 Å². The molecular formula is C14H18N4O3. The number of rotatable bonds is 8. The number of nitrogens with zero attached hydrogens (tertiary/aromatic N) is 2. The molecule has 112 valence electrons. The van der Waals surface area contributed by atoms with Crippen molar-refractivity contribution < 1.29 is 9.66 Å². The van der Waals surface area contributed by atoms with Crippen molar-refractivity contribution in [2.24, 2.45) is 0 Å². The average Bonchev–Trinajstić information content (AvgIpc) is 2.50. The highest BCUT2D eigenvalue weighted by molar-refractivity contribution is 5.99. The Morgan fingerprint density at radius 2 is 2.10 bits per heavy atom. The van der Waals surface area contributed by atoms with Crippen LogP contribution in [-0.4, -0.2) is 43.3 Å². The van der Waals surface area contributed by atoms with Crippen LogP contribution in [0.4, 0.5) is 11.4 Å². The Kier molecular flexibility index (Phi) is 5.42. The molecule has 0 aliphatic heterocycles. The zero-order valence-electron chi connectivity index (χ0n) is 11.8. The Morgan fingerprint density at radius 1 is 1.24 bits per heavy atom. The van der Waals surface area contributed by atoms with Gasteiger partial charge in [-0.25, -0.2) is 0 Å². The Balaban J connectivity index is 2.07. The van der Waals surface area contributed by atoms with Gasteiger partial charge in [0.1, 0.15) is 0 Å².